The Morgan fingerprint density at radius 3 is 2.67 bits per heavy atom. The van der Waals surface area contributed by atoms with E-state index in [0.29, 0.717) is 27.4 Å². The highest BCUT2D eigenvalue weighted by atomic mass is 79.9. The molecule has 0 saturated carbocycles. The van der Waals surface area contributed by atoms with E-state index in [0.717, 1.165) is 17.7 Å². The van der Waals surface area contributed by atoms with Crippen LogP contribution in [-0.2, 0) is 4.84 Å². The van der Waals surface area contributed by atoms with Gasteiger partial charge in [-0.1, -0.05) is 30.3 Å². The Balaban J connectivity index is 2.02. The monoisotopic (exact) mass is 449 g/mol. The molecule has 1 aliphatic heterocycles. The molecule has 27 heavy (non-hydrogen) atoms. The molecule has 0 aromatic heterocycles. The Labute approximate surface area is 171 Å². The number of thiocarbonyl (C=S) groups is 1. The van der Waals surface area contributed by atoms with Crippen molar-refractivity contribution >= 4 is 44.5 Å². The van der Waals surface area contributed by atoms with E-state index in [9.17, 15) is 10.2 Å². The van der Waals surface area contributed by atoms with Gasteiger partial charge in [0.2, 0.25) is 0 Å². The van der Waals surface area contributed by atoms with Gasteiger partial charge >= 0.3 is 0 Å². The summed E-state index contributed by atoms with van der Waals surface area (Å²) < 4.78 is 0.397. The van der Waals surface area contributed by atoms with Crippen molar-refractivity contribution in [1.29, 1.82) is 0 Å². The Kier molecular flexibility index (Phi) is 6.20. The van der Waals surface area contributed by atoms with Crippen molar-refractivity contribution in [3.8, 4) is 11.5 Å². The molecule has 1 unspecified atom stereocenters. The molecule has 1 atom stereocenters. The van der Waals surface area contributed by atoms with Gasteiger partial charge in [0.05, 0.1) is 16.7 Å². The third-order valence-corrected chi connectivity index (χ3v) is 4.98. The lowest BCUT2D eigenvalue weighted by molar-refractivity contribution is 0.0579. The first-order valence-electron chi connectivity index (χ1n) is 8.46. The van der Waals surface area contributed by atoms with E-state index in [-0.39, 0.29) is 17.6 Å². The fourth-order valence-electron chi connectivity index (χ4n) is 2.88. The minimum atomic E-state index is -0.348. The van der Waals surface area contributed by atoms with Gasteiger partial charge in [0.1, 0.15) is 17.6 Å². The van der Waals surface area contributed by atoms with E-state index >= 15 is 0 Å². The van der Waals surface area contributed by atoms with Crippen LogP contribution in [0.2, 0.25) is 0 Å². The van der Waals surface area contributed by atoms with Crippen LogP contribution in [0.15, 0.2) is 46.9 Å². The Morgan fingerprint density at radius 1 is 1.22 bits per heavy atom. The number of benzene rings is 2. The molecule has 0 fully saturated rings. The second-order valence-electron chi connectivity index (χ2n) is 5.93. The van der Waals surface area contributed by atoms with E-state index in [4.69, 9.17) is 17.1 Å². The van der Waals surface area contributed by atoms with Crippen molar-refractivity contribution in [3.63, 3.8) is 0 Å². The van der Waals surface area contributed by atoms with E-state index in [1.165, 1.54) is 12.1 Å². The highest BCUT2D eigenvalue weighted by Gasteiger charge is 2.30. The molecule has 0 amide bonds. The van der Waals surface area contributed by atoms with E-state index in [1.54, 1.807) is 0 Å². The maximum Gasteiger partial charge on any atom is 0.166 e. The number of phenols is 2. The summed E-state index contributed by atoms with van der Waals surface area (Å²) in [5, 5.41) is 27.2. The quantitative estimate of drug-likeness (QED) is 0.354. The van der Waals surface area contributed by atoms with Crippen LogP contribution in [0.5, 0.6) is 11.5 Å². The van der Waals surface area contributed by atoms with Crippen molar-refractivity contribution in [2.45, 2.75) is 13.0 Å². The minimum absolute atomic E-state index is 0.0177. The molecule has 2 aromatic carbocycles. The lowest BCUT2D eigenvalue weighted by Gasteiger charge is -2.16. The Hall–Kier alpha value is -2.29. The molecular formula is C19H20BrN3O3S. The number of hydrogen-bond donors (Lipinski definition) is 5. The molecule has 0 bridgehead atoms. The summed E-state index contributed by atoms with van der Waals surface area (Å²) in [6.45, 7) is 3.14. The van der Waals surface area contributed by atoms with Gasteiger partial charge < -0.3 is 20.8 Å². The zero-order valence-corrected chi connectivity index (χ0v) is 17.0. The highest BCUT2D eigenvalue weighted by Crippen LogP contribution is 2.41. The molecule has 5 N–H and O–H groups in total. The summed E-state index contributed by atoms with van der Waals surface area (Å²) in [5.74, 6) is 0.0513. The summed E-state index contributed by atoms with van der Waals surface area (Å²) in [4.78, 5) is 5.77. The van der Waals surface area contributed by atoms with Crippen molar-refractivity contribution < 1.29 is 15.1 Å². The first kappa shape index (κ1) is 19.5. The molecule has 142 valence electrons. The molecule has 1 heterocycles. The molecule has 0 radical (unpaired) electrons. The molecule has 2 aromatic rings. The highest BCUT2D eigenvalue weighted by molar-refractivity contribution is 9.10. The predicted octanol–water partition coefficient (Wildman–Crippen LogP) is 3.12. The first-order chi connectivity index (χ1) is 13.0. The second kappa shape index (κ2) is 8.60. The van der Waals surface area contributed by atoms with Gasteiger partial charge in [-0.05, 0) is 52.8 Å². The fourth-order valence-corrected chi connectivity index (χ4v) is 3.56. The van der Waals surface area contributed by atoms with Crippen molar-refractivity contribution in [3.05, 3.63) is 58.1 Å². The smallest absolute Gasteiger partial charge is 0.166 e. The number of phenolic OH excluding ortho intramolecular Hbond substituents is 2. The van der Waals surface area contributed by atoms with Crippen LogP contribution in [0.1, 0.15) is 18.1 Å². The van der Waals surface area contributed by atoms with Crippen LogP contribution >= 0.6 is 28.1 Å². The van der Waals surface area contributed by atoms with Gasteiger partial charge in [-0.3, -0.25) is 10.3 Å². The molecular weight excluding hydrogens is 430 g/mol. The van der Waals surface area contributed by atoms with E-state index in [2.05, 4.69) is 32.0 Å². The number of rotatable bonds is 5. The zero-order chi connectivity index (χ0) is 19.4. The summed E-state index contributed by atoms with van der Waals surface area (Å²) in [6.07, 6.45) is -0.348. The predicted molar refractivity (Wildman–Crippen MR) is 113 cm³/mol. The van der Waals surface area contributed by atoms with Gasteiger partial charge in [-0.15, -0.1) is 0 Å². The van der Waals surface area contributed by atoms with Crippen molar-refractivity contribution in [2.24, 2.45) is 0 Å². The Morgan fingerprint density at radius 2 is 1.96 bits per heavy atom. The van der Waals surface area contributed by atoms with Gasteiger partial charge in [-0.25, -0.2) is 0 Å². The minimum Gasteiger partial charge on any atom is -0.508 e. The summed E-state index contributed by atoms with van der Waals surface area (Å²) >= 11 is 8.49. The van der Waals surface area contributed by atoms with Gasteiger partial charge in [0.25, 0.3) is 0 Å². The lowest BCUT2D eigenvalue weighted by atomic mass is 9.95. The van der Waals surface area contributed by atoms with Crippen LogP contribution < -0.4 is 16.1 Å². The van der Waals surface area contributed by atoms with Gasteiger partial charge in [0, 0.05) is 17.7 Å². The third kappa shape index (κ3) is 4.35. The molecule has 8 heteroatoms. The maximum atomic E-state index is 10.5. The molecule has 0 aliphatic carbocycles. The summed E-state index contributed by atoms with van der Waals surface area (Å²) in [5.41, 5.74) is 5.74. The SMILES string of the molecule is CCNC(=S)NCC1ONC(c2cc(O)cc(Br)c2O)=C1c1ccccc1. The fraction of sp³-hybridized carbons (Fsp3) is 0.211. The third-order valence-electron chi connectivity index (χ3n) is 4.08. The number of aromatic hydroxyl groups is 2. The van der Waals surface area contributed by atoms with Crippen molar-refractivity contribution in [2.75, 3.05) is 13.1 Å². The Bertz CT molecular complexity index is 874. The standard InChI is InChI=1S/C19H20BrN3O3S/c1-2-21-19(27)22-10-15-16(11-6-4-3-5-7-11)17(23-26-15)13-8-12(24)9-14(20)18(13)25/h3-9,15,23-25H,2,10H2,1H3,(H2,21,22,27). The van der Waals surface area contributed by atoms with Crippen LogP contribution in [-0.4, -0.2) is 34.5 Å². The van der Waals surface area contributed by atoms with Crippen LogP contribution in [0.4, 0.5) is 0 Å². The van der Waals surface area contributed by atoms with Crippen LogP contribution in [0.3, 0.4) is 0 Å². The topological polar surface area (TPSA) is 85.8 Å². The van der Waals surface area contributed by atoms with Gasteiger partial charge in [-0.2, -0.15) is 0 Å². The lowest BCUT2D eigenvalue weighted by Crippen LogP contribution is -2.40. The number of hydrogen-bond acceptors (Lipinski definition) is 5. The summed E-state index contributed by atoms with van der Waals surface area (Å²) in [6, 6.07) is 12.7. The normalized spacial score (nSPS) is 16.1. The van der Waals surface area contributed by atoms with E-state index < -0.39 is 0 Å². The molecule has 0 spiro atoms. The average molecular weight is 450 g/mol. The average Bonchev–Trinajstić information content (AvgIpc) is 3.07. The van der Waals surface area contributed by atoms with E-state index in [1.807, 2.05) is 37.3 Å². The van der Waals surface area contributed by atoms with Gasteiger partial charge in [0.15, 0.2) is 5.11 Å². The maximum absolute atomic E-state index is 10.5. The number of hydroxylamine groups is 1. The second-order valence-corrected chi connectivity index (χ2v) is 7.19. The first-order valence-corrected chi connectivity index (χ1v) is 9.66. The van der Waals surface area contributed by atoms with Crippen LogP contribution in [0, 0.1) is 0 Å². The molecule has 3 rings (SSSR count). The number of nitrogens with one attached hydrogen (secondary N) is 3. The largest absolute Gasteiger partial charge is 0.508 e. The summed E-state index contributed by atoms with van der Waals surface area (Å²) in [7, 11) is 0. The molecule has 1 aliphatic rings. The van der Waals surface area contributed by atoms with Crippen LogP contribution in [0.25, 0.3) is 11.3 Å². The molecule has 0 saturated heterocycles. The number of halogens is 1. The zero-order valence-electron chi connectivity index (χ0n) is 14.6. The molecule has 6 nitrogen and oxygen atoms in total. The van der Waals surface area contributed by atoms with Crippen molar-refractivity contribution in [1.82, 2.24) is 16.1 Å².